The molecule has 88 valence electrons. The predicted octanol–water partition coefficient (Wildman–Crippen LogP) is 1.55. The number of H-pyrrole nitrogens is 1. The zero-order valence-corrected chi connectivity index (χ0v) is 9.41. The Bertz CT molecular complexity index is 618. The van der Waals surface area contributed by atoms with Crippen molar-refractivity contribution in [2.45, 2.75) is 6.42 Å². The van der Waals surface area contributed by atoms with Crippen molar-refractivity contribution in [3.05, 3.63) is 34.5 Å². The number of halogens is 1. The van der Waals surface area contributed by atoms with Crippen LogP contribution in [0.3, 0.4) is 0 Å². The Morgan fingerprint density at radius 2 is 2.12 bits per heavy atom. The van der Waals surface area contributed by atoms with Crippen LogP contribution >= 0.6 is 11.6 Å². The van der Waals surface area contributed by atoms with Gasteiger partial charge in [-0.3, -0.25) is 9.59 Å². The van der Waals surface area contributed by atoms with Crippen LogP contribution in [0.5, 0.6) is 0 Å². The van der Waals surface area contributed by atoms with Crippen LogP contribution in [0.4, 0.5) is 0 Å². The van der Waals surface area contributed by atoms with Gasteiger partial charge in [-0.1, -0.05) is 17.7 Å². The molecule has 0 unspecified atom stereocenters. The number of carbonyl (C=O) groups is 2. The van der Waals surface area contributed by atoms with E-state index in [-0.39, 0.29) is 17.7 Å². The molecule has 0 atom stereocenters. The molecule has 4 N–H and O–H groups in total. The average molecular weight is 253 g/mol. The first-order chi connectivity index (χ1) is 8.00. The molecule has 1 aromatic carbocycles. The number of carboxylic acid groups (broad SMARTS) is 1. The number of nitrogens with two attached hydrogens (primary N) is 1. The van der Waals surface area contributed by atoms with Crippen LogP contribution in [0.1, 0.15) is 16.1 Å². The lowest BCUT2D eigenvalue weighted by Crippen LogP contribution is -2.14. The summed E-state index contributed by atoms with van der Waals surface area (Å²) in [6.07, 6.45) is -0.302. The number of primary amides is 1. The molecule has 0 radical (unpaired) electrons. The van der Waals surface area contributed by atoms with Gasteiger partial charge in [0.05, 0.1) is 17.0 Å². The summed E-state index contributed by atoms with van der Waals surface area (Å²) in [5.74, 6) is -1.74. The van der Waals surface area contributed by atoms with Crippen molar-refractivity contribution in [1.29, 1.82) is 0 Å². The second kappa shape index (κ2) is 4.10. The first-order valence-electron chi connectivity index (χ1n) is 4.81. The predicted molar refractivity (Wildman–Crippen MR) is 63.2 cm³/mol. The number of hydrogen-bond acceptors (Lipinski definition) is 2. The third kappa shape index (κ3) is 1.97. The summed E-state index contributed by atoms with van der Waals surface area (Å²) in [5.41, 5.74) is 6.28. The number of benzene rings is 1. The molecule has 0 spiro atoms. The van der Waals surface area contributed by atoms with Gasteiger partial charge in [-0.25, -0.2) is 0 Å². The third-order valence-electron chi connectivity index (χ3n) is 2.43. The van der Waals surface area contributed by atoms with Crippen LogP contribution in [0.2, 0.25) is 5.02 Å². The number of rotatable bonds is 3. The van der Waals surface area contributed by atoms with Crippen LogP contribution in [-0.4, -0.2) is 22.0 Å². The number of hydrogen-bond donors (Lipinski definition) is 3. The largest absolute Gasteiger partial charge is 0.481 e. The highest BCUT2D eigenvalue weighted by Crippen LogP contribution is 2.29. The van der Waals surface area contributed by atoms with Gasteiger partial charge in [0.1, 0.15) is 0 Å². The van der Waals surface area contributed by atoms with Crippen molar-refractivity contribution in [1.82, 2.24) is 4.98 Å². The Balaban J connectivity index is 2.76. The Kier molecular flexibility index (Phi) is 2.77. The van der Waals surface area contributed by atoms with E-state index < -0.39 is 11.9 Å². The van der Waals surface area contributed by atoms with E-state index in [9.17, 15) is 9.59 Å². The zero-order valence-electron chi connectivity index (χ0n) is 8.66. The maximum Gasteiger partial charge on any atom is 0.309 e. The molecular weight excluding hydrogens is 244 g/mol. The number of aliphatic carboxylic acids is 1. The van der Waals surface area contributed by atoms with E-state index in [0.29, 0.717) is 15.9 Å². The monoisotopic (exact) mass is 252 g/mol. The van der Waals surface area contributed by atoms with Crippen molar-refractivity contribution in [3.8, 4) is 0 Å². The highest BCUT2D eigenvalue weighted by Gasteiger charge is 2.19. The topological polar surface area (TPSA) is 96.2 Å². The van der Waals surface area contributed by atoms with Crippen LogP contribution in [0.25, 0.3) is 10.9 Å². The normalized spacial score (nSPS) is 10.6. The second-order valence-corrected chi connectivity index (χ2v) is 3.98. The Labute approximate surface area is 101 Å². The molecule has 1 aromatic heterocycles. The minimum atomic E-state index is -1.05. The quantitative estimate of drug-likeness (QED) is 0.773. The summed E-state index contributed by atoms with van der Waals surface area (Å²) in [7, 11) is 0. The molecule has 0 saturated heterocycles. The van der Waals surface area contributed by atoms with Crippen molar-refractivity contribution < 1.29 is 14.7 Å². The van der Waals surface area contributed by atoms with Gasteiger partial charge < -0.3 is 15.8 Å². The molecule has 6 heteroatoms. The Morgan fingerprint density at radius 3 is 2.71 bits per heavy atom. The number of amides is 1. The summed E-state index contributed by atoms with van der Waals surface area (Å²) >= 11 is 5.98. The van der Waals surface area contributed by atoms with Gasteiger partial charge in [0.25, 0.3) is 5.91 Å². The van der Waals surface area contributed by atoms with E-state index in [4.69, 9.17) is 22.4 Å². The molecule has 0 saturated carbocycles. The average Bonchev–Trinajstić information content (AvgIpc) is 2.56. The molecule has 17 heavy (non-hydrogen) atoms. The van der Waals surface area contributed by atoms with E-state index in [1.807, 2.05) is 0 Å². The van der Waals surface area contributed by atoms with Crippen LogP contribution < -0.4 is 5.73 Å². The minimum Gasteiger partial charge on any atom is -0.481 e. The third-order valence-corrected chi connectivity index (χ3v) is 2.74. The van der Waals surface area contributed by atoms with Gasteiger partial charge >= 0.3 is 5.97 Å². The highest BCUT2D eigenvalue weighted by molar-refractivity contribution is 6.37. The molecule has 0 aliphatic rings. The summed E-state index contributed by atoms with van der Waals surface area (Å²) in [6.45, 7) is 0. The molecule has 2 rings (SSSR count). The van der Waals surface area contributed by atoms with E-state index >= 15 is 0 Å². The van der Waals surface area contributed by atoms with Crippen LogP contribution in [0.15, 0.2) is 18.2 Å². The SMILES string of the molecule is NC(=O)c1c(CC(=O)O)[nH]c2cccc(Cl)c12. The van der Waals surface area contributed by atoms with Gasteiger partial charge in [0, 0.05) is 16.6 Å². The Hall–Kier alpha value is -2.01. The standard InChI is InChI=1S/C11H9ClN2O3/c12-5-2-1-3-6-9(5)10(11(13)17)7(14-6)4-8(15)16/h1-3,14H,4H2,(H2,13,17)(H,15,16). The fourth-order valence-electron chi connectivity index (χ4n) is 1.81. The maximum atomic E-state index is 11.4. The first-order valence-corrected chi connectivity index (χ1v) is 5.19. The van der Waals surface area contributed by atoms with Crippen LogP contribution in [-0.2, 0) is 11.2 Å². The number of carbonyl (C=O) groups excluding carboxylic acids is 1. The van der Waals surface area contributed by atoms with E-state index in [1.54, 1.807) is 18.2 Å². The highest BCUT2D eigenvalue weighted by atomic mass is 35.5. The number of aromatic amines is 1. The van der Waals surface area contributed by atoms with Crippen LogP contribution in [0, 0.1) is 0 Å². The molecule has 0 aliphatic heterocycles. The number of carboxylic acids is 1. The summed E-state index contributed by atoms with van der Waals surface area (Å²) in [4.78, 5) is 24.9. The molecule has 1 amide bonds. The fraction of sp³-hybridized carbons (Fsp3) is 0.0909. The molecule has 0 aliphatic carbocycles. The second-order valence-electron chi connectivity index (χ2n) is 3.58. The van der Waals surface area contributed by atoms with E-state index in [2.05, 4.69) is 4.98 Å². The van der Waals surface area contributed by atoms with Crippen molar-refractivity contribution in [2.24, 2.45) is 5.73 Å². The lowest BCUT2D eigenvalue weighted by molar-refractivity contribution is -0.136. The van der Waals surface area contributed by atoms with Crippen molar-refractivity contribution in [3.63, 3.8) is 0 Å². The van der Waals surface area contributed by atoms with E-state index in [0.717, 1.165) is 0 Å². The molecule has 5 nitrogen and oxygen atoms in total. The minimum absolute atomic E-state index is 0.146. The number of nitrogens with one attached hydrogen (secondary N) is 1. The summed E-state index contributed by atoms with van der Waals surface area (Å²) in [5, 5.41) is 9.60. The molecule has 0 fully saturated rings. The van der Waals surface area contributed by atoms with Gasteiger partial charge in [-0.15, -0.1) is 0 Å². The van der Waals surface area contributed by atoms with Gasteiger partial charge in [0.2, 0.25) is 0 Å². The lowest BCUT2D eigenvalue weighted by atomic mass is 10.1. The molecule has 1 heterocycles. The van der Waals surface area contributed by atoms with Gasteiger partial charge in [-0.2, -0.15) is 0 Å². The number of aromatic nitrogens is 1. The fourth-order valence-corrected chi connectivity index (χ4v) is 2.08. The molecule has 2 aromatic rings. The molecular formula is C11H9ClN2O3. The lowest BCUT2D eigenvalue weighted by Gasteiger charge is -1.98. The smallest absolute Gasteiger partial charge is 0.309 e. The summed E-state index contributed by atoms with van der Waals surface area (Å²) < 4.78 is 0. The summed E-state index contributed by atoms with van der Waals surface area (Å²) in [6, 6.07) is 5.03. The van der Waals surface area contributed by atoms with Gasteiger partial charge in [-0.05, 0) is 12.1 Å². The van der Waals surface area contributed by atoms with Crippen molar-refractivity contribution in [2.75, 3.05) is 0 Å². The van der Waals surface area contributed by atoms with E-state index in [1.165, 1.54) is 0 Å². The van der Waals surface area contributed by atoms with Gasteiger partial charge in [0.15, 0.2) is 0 Å². The maximum absolute atomic E-state index is 11.4. The Morgan fingerprint density at radius 1 is 1.41 bits per heavy atom. The van der Waals surface area contributed by atoms with Crippen molar-refractivity contribution >= 4 is 34.4 Å². The zero-order chi connectivity index (χ0) is 12.6. The number of fused-ring (bicyclic) bond motifs is 1. The molecule has 0 bridgehead atoms. The first kappa shape index (κ1) is 11.5.